The Morgan fingerprint density at radius 3 is 2.33 bits per heavy atom. The Morgan fingerprint density at radius 2 is 1.85 bits per heavy atom. The molecule has 0 unspecified atom stereocenters. The average molecular weight is 398 g/mol. The van der Waals surface area contributed by atoms with Crippen LogP contribution in [0.2, 0.25) is 0 Å². The van der Waals surface area contributed by atoms with Crippen molar-refractivity contribution < 1.29 is 35.9 Å². The van der Waals surface area contributed by atoms with Gasteiger partial charge in [0.15, 0.2) is 5.96 Å². The topological polar surface area (TPSA) is 102 Å². The van der Waals surface area contributed by atoms with E-state index in [0.29, 0.717) is 12.1 Å². The highest BCUT2D eigenvalue weighted by molar-refractivity contribution is 6.00. The first-order chi connectivity index (χ1) is 12.5. The van der Waals surface area contributed by atoms with Gasteiger partial charge in [-0.05, 0) is 17.7 Å². The van der Waals surface area contributed by atoms with Crippen molar-refractivity contribution in [3.63, 3.8) is 0 Å². The Balaban J connectivity index is 0.00000176. The molecule has 1 heterocycles. The molecule has 150 valence electrons. The standard InChI is InChI=1S/C14H13F5N4O2.CH3F/c15-11(16)6-1-2-7-8(3-6)9(4-10(24)22-13(20)21)23(12(7)25)5-14(17,18)19;1-2/h1-3,9,11H,4-5H2,(H4,20,21,22,24);1H3/t9-;/m0./s1. The lowest BCUT2D eigenvalue weighted by Gasteiger charge is -2.25. The lowest BCUT2D eigenvalue weighted by atomic mass is 9.99. The molecule has 4 N–H and O–H groups in total. The number of aliphatic imine (C=N–C) groups is 1. The average Bonchev–Trinajstić information content (AvgIpc) is 2.79. The smallest absolute Gasteiger partial charge is 0.370 e. The van der Waals surface area contributed by atoms with Crippen LogP contribution < -0.4 is 11.5 Å². The van der Waals surface area contributed by atoms with Gasteiger partial charge < -0.3 is 16.4 Å². The Labute approximate surface area is 149 Å². The number of hydrogen-bond acceptors (Lipinski definition) is 2. The maximum Gasteiger partial charge on any atom is 0.406 e. The molecule has 1 aromatic carbocycles. The number of nitrogens with zero attached hydrogens (tertiary/aromatic N) is 2. The number of hydrogen-bond donors (Lipinski definition) is 2. The SMILES string of the molecule is CF.NC(N)=NC(=O)C[C@H]1c2cc(C(F)F)ccc2C(=O)N1CC(F)(F)F. The maximum absolute atomic E-state index is 12.9. The van der Waals surface area contributed by atoms with Gasteiger partial charge in [0.05, 0.1) is 19.6 Å². The van der Waals surface area contributed by atoms with Crippen molar-refractivity contribution in [2.24, 2.45) is 16.5 Å². The maximum atomic E-state index is 12.9. The first kappa shape index (κ1) is 22.3. The molecule has 0 bridgehead atoms. The second-order valence-electron chi connectivity index (χ2n) is 5.35. The number of nitrogens with two attached hydrogens (primary N) is 2. The molecule has 0 radical (unpaired) electrons. The third-order valence-electron chi connectivity index (χ3n) is 3.53. The van der Waals surface area contributed by atoms with Gasteiger partial charge in [-0.15, -0.1) is 0 Å². The molecule has 1 atom stereocenters. The highest BCUT2D eigenvalue weighted by Crippen LogP contribution is 2.39. The van der Waals surface area contributed by atoms with Crippen molar-refractivity contribution in [3.05, 3.63) is 34.9 Å². The molecule has 6 nitrogen and oxygen atoms in total. The summed E-state index contributed by atoms with van der Waals surface area (Å²) >= 11 is 0. The Morgan fingerprint density at radius 1 is 1.26 bits per heavy atom. The largest absolute Gasteiger partial charge is 0.406 e. The van der Waals surface area contributed by atoms with Gasteiger partial charge in [0.2, 0.25) is 0 Å². The summed E-state index contributed by atoms with van der Waals surface area (Å²) in [5.74, 6) is -2.57. The molecular weight excluding hydrogens is 382 g/mol. The highest BCUT2D eigenvalue weighted by Gasteiger charge is 2.44. The predicted molar refractivity (Wildman–Crippen MR) is 83.7 cm³/mol. The van der Waals surface area contributed by atoms with Gasteiger partial charge in [-0.1, -0.05) is 6.07 Å². The molecule has 0 aromatic heterocycles. The van der Waals surface area contributed by atoms with Crippen molar-refractivity contribution in [3.8, 4) is 0 Å². The molecule has 1 aliphatic rings. The van der Waals surface area contributed by atoms with Crippen LogP contribution in [-0.2, 0) is 4.79 Å². The lowest BCUT2D eigenvalue weighted by Crippen LogP contribution is -2.37. The molecule has 1 aromatic rings. The van der Waals surface area contributed by atoms with E-state index in [1.54, 1.807) is 0 Å². The van der Waals surface area contributed by atoms with Crippen LogP contribution in [0, 0.1) is 0 Å². The minimum absolute atomic E-state index is 0.0915. The zero-order valence-electron chi connectivity index (χ0n) is 13.9. The number of guanidine groups is 1. The molecule has 0 saturated carbocycles. The normalized spacial score (nSPS) is 15.9. The van der Waals surface area contributed by atoms with E-state index in [0.717, 1.165) is 18.2 Å². The molecular formula is C15H16F6N4O2. The van der Waals surface area contributed by atoms with Crippen molar-refractivity contribution >= 4 is 17.8 Å². The Kier molecular flexibility index (Phi) is 7.20. The summed E-state index contributed by atoms with van der Waals surface area (Å²) < 4.78 is 73.5. The van der Waals surface area contributed by atoms with Crippen LogP contribution in [0.3, 0.4) is 0 Å². The minimum Gasteiger partial charge on any atom is -0.370 e. The van der Waals surface area contributed by atoms with Gasteiger partial charge in [0.1, 0.15) is 6.54 Å². The predicted octanol–water partition coefficient (Wildman–Crippen LogP) is 2.46. The van der Waals surface area contributed by atoms with E-state index in [-0.39, 0.29) is 11.1 Å². The number of halogens is 6. The van der Waals surface area contributed by atoms with Crippen molar-refractivity contribution in [2.45, 2.75) is 25.1 Å². The fraction of sp³-hybridized carbons (Fsp3) is 0.400. The molecule has 12 heteroatoms. The van der Waals surface area contributed by atoms with Gasteiger partial charge >= 0.3 is 6.18 Å². The van der Waals surface area contributed by atoms with Crippen LogP contribution in [0.25, 0.3) is 0 Å². The second kappa shape index (κ2) is 8.73. The number of amides is 2. The van der Waals surface area contributed by atoms with E-state index in [1.807, 2.05) is 0 Å². The molecule has 2 amide bonds. The summed E-state index contributed by atoms with van der Waals surface area (Å²) in [6, 6.07) is 1.50. The van der Waals surface area contributed by atoms with Crippen LogP contribution in [0.1, 0.15) is 40.4 Å². The van der Waals surface area contributed by atoms with Crippen molar-refractivity contribution in [1.29, 1.82) is 0 Å². The number of benzene rings is 1. The van der Waals surface area contributed by atoms with Crippen LogP contribution >= 0.6 is 0 Å². The molecule has 0 spiro atoms. The van der Waals surface area contributed by atoms with Gasteiger partial charge in [-0.2, -0.15) is 18.2 Å². The number of fused-ring (bicyclic) bond motifs is 1. The summed E-state index contributed by atoms with van der Waals surface area (Å²) in [4.78, 5) is 27.5. The van der Waals surface area contributed by atoms with Crippen molar-refractivity contribution in [2.75, 3.05) is 13.7 Å². The van der Waals surface area contributed by atoms with Crippen molar-refractivity contribution in [1.82, 2.24) is 4.90 Å². The van der Waals surface area contributed by atoms with E-state index in [1.165, 1.54) is 0 Å². The zero-order chi connectivity index (χ0) is 20.9. The van der Waals surface area contributed by atoms with Gasteiger partial charge in [0, 0.05) is 11.1 Å². The quantitative estimate of drug-likeness (QED) is 0.462. The van der Waals surface area contributed by atoms with E-state index in [2.05, 4.69) is 4.99 Å². The Bertz CT molecular complexity index is 732. The summed E-state index contributed by atoms with van der Waals surface area (Å²) in [6.45, 7) is -1.63. The third kappa shape index (κ3) is 5.59. The van der Waals surface area contributed by atoms with Crippen LogP contribution in [-0.4, -0.2) is 42.6 Å². The van der Waals surface area contributed by atoms with E-state index in [4.69, 9.17) is 11.5 Å². The molecule has 0 fully saturated rings. The third-order valence-corrected chi connectivity index (χ3v) is 3.53. The molecule has 1 aliphatic heterocycles. The number of rotatable bonds is 4. The summed E-state index contributed by atoms with van der Waals surface area (Å²) in [7, 11) is 0.500. The van der Waals surface area contributed by atoms with Gasteiger partial charge in [-0.25, -0.2) is 8.78 Å². The van der Waals surface area contributed by atoms with Crippen LogP contribution in [0.5, 0.6) is 0 Å². The first-order valence-corrected chi connectivity index (χ1v) is 7.29. The molecule has 0 saturated heterocycles. The fourth-order valence-corrected chi connectivity index (χ4v) is 2.60. The summed E-state index contributed by atoms with van der Waals surface area (Å²) in [5.41, 5.74) is 9.34. The van der Waals surface area contributed by atoms with Gasteiger partial charge in [0.25, 0.3) is 18.2 Å². The second-order valence-corrected chi connectivity index (χ2v) is 5.35. The van der Waals surface area contributed by atoms with E-state index < -0.39 is 54.9 Å². The zero-order valence-corrected chi connectivity index (χ0v) is 13.9. The Hall–Kier alpha value is -2.79. The fourth-order valence-electron chi connectivity index (χ4n) is 2.60. The minimum atomic E-state index is -4.74. The molecule has 0 aliphatic carbocycles. The van der Waals surface area contributed by atoms with Gasteiger partial charge in [-0.3, -0.25) is 14.0 Å². The van der Waals surface area contributed by atoms with E-state index >= 15 is 0 Å². The van der Waals surface area contributed by atoms with Crippen LogP contribution in [0.4, 0.5) is 26.3 Å². The molecule has 2 rings (SSSR count). The van der Waals surface area contributed by atoms with E-state index in [9.17, 15) is 35.9 Å². The number of carbonyl (C=O) groups is 2. The monoisotopic (exact) mass is 398 g/mol. The summed E-state index contributed by atoms with van der Waals surface area (Å²) in [5, 5.41) is 0. The lowest BCUT2D eigenvalue weighted by molar-refractivity contribution is -0.145. The highest BCUT2D eigenvalue weighted by atomic mass is 19.4. The first-order valence-electron chi connectivity index (χ1n) is 7.29. The number of carbonyl (C=O) groups excluding carboxylic acids is 2. The molecule has 27 heavy (non-hydrogen) atoms. The number of alkyl halides is 6. The summed E-state index contributed by atoms with van der Waals surface area (Å²) in [6.07, 6.45) is -8.29. The van der Waals surface area contributed by atoms with Crippen LogP contribution in [0.15, 0.2) is 23.2 Å².